The first-order valence-corrected chi connectivity index (χ1v) is 6.21. The Balaban J connectivity index is 2.38. The Kier molecular flexibility index (Phi) is 5.09. The topological polar surface area (TPSA) is 32.3 Å². The highest BCUT2D eigenvalue weighted by atomic mass is 16.2. The summed E-state index contributed by atoms with van der Waals surface area (Å²) in [6.07, 6.45) is 4.11. The van der Waals surface area contributed by atoms with Crippen molar-refractivity contribution < 1.29 is 4.79 Å². The summed E-state index contributed by atoms with van der Waals surface area (Å²) >= 11 is 0. The van der Waals surface area contributed by atoms with Crippen LogP contribution in [0.3, 0.4) is 0 Å². The molecule has 2 atom stereocenters. The smallest absolute Gasteiger partial charge is 0.224 e. The van der Waals surface area contributed by atoms with Gasteiger partial charge in [-0.25, -0.2) is 0 Å². The molecule has 1 amide bonds. The highest BCUT2D eigenvalue weighted by Gasteiger charge is 2.27. The highest BCUT2D eigenvalue weighted by Crippen LogP contribution is 2.20. The standard InChI is InChI=1S/C12H24N2O/c1-4-11-7-6-8-14(11)12(15)9-10(3)13-5-2/h10-11,13H,4-9H2,1-3H3. The molecule has 1 N–H and O–H groups in total. The zero-order valence-electron chi connectivity index (χ0n) is 10.3. The third kappa shape index (κ3) is 3.49. The molecule has 0 saturated carbocycles. The summed E-state index contributed by atoms with van der Waals surface area (Å²) in [5.41, 5.74) is 0. The Morgan fingerprint density at radius 2 is 2.27 bits per heavy atom. The largest absolute Gasteiger partial charge is 0.340 e. The molecule has 2 unspecified atom stereocenters. The molecule has 0 bridgehead atoms. The quantitative estimate of drug-likeness (QED) is 0.753. The molecule has 1 aliphatic rings. The third-order valence-corrected chi connectivity index (χ3v) is 3.20. The number of nitrogens with zero attached hydrogens (tertiary/aromatic N) is 1. The molecule has 1 saturated heterocycles. The molecule has 0 spiro atoms. The van der Waals surface area contributed by atoms with Crippen LogP contribution in [0.1, 0.15) is 46.5 Å². The van der Waals surface area contributed by atoms with Crippen LogP contribution >= 0.6 is 0 Å². The average Bonchev–Trinajstić information content (AvgIpc) is 2.65. The highest BCUT2D eigenvalue weighted by molar-refractivity contribution is 5.77. The minimum absolute atomic E-state index is 0.306. The number of rotatable bonds is 5. The lowest BCUT2D eigenvalue weighted by molar-refractivity contribution is -0.132. The van der Waals surface area contributed by atoms with Crippen LogP contribution in [0.25, 0.3) is 0 Å². The van der Waals surface area contributed by atoms with Gasteiger partial charge >= 0.3 is 0 Å². The van der Waals surface area contributed by atoms with Crippen molar-refractivity contribution in [2.75, 3.05) is 13.1 Å². The normalized spacial score (nSPS) is 23.1. The summed E-state index contributed by atoms with van der Waals surface area (Å²) in [7, 11) is 0. The van der Waals surface area contributed by atoms with Crippen LogP contribution in [0.2, 0.25) is 0 Å². The van der Waals surface area contributed by atoms with Gasteiger partial charge in [-0.3, -0.25) is 4.79 Å². The number of amides is 1. The molecule has 1 rings (SSSR count). The zero-order chi connectivity index (χ0) is 11.3. The van der Waals surface area contributed by atoms with Crippen molar-refractivity contribution in [1.82, 2.24) is 10.2 Å². The van der Waals surface area contributed by atoms with Gasteiger partial charge in [-0.2, -0.15) is 0 Å². The lowest BCUT2D eigenvalue weighted by atomic mass is 10.1. The van der Waals surface area contributed by atoms with Crippen LogP contribution in [0.5, 0.6) is 0 Å². The van der Waals surface area contributed by atoms with Crippen molar-refractivity contribution in [3.05, 3.63) is 0 Å². The van der Waals surface area contributed by atoms with E-state index >= 15 is 0 Å². The van der Waals surface area contributed by atoms with Crippen molar-refractivity contribution in [3.63, 3.8) is 0 Å². The zero-order valence-corrected chi connectivity index (χ0v) is 10.3. The fourth-order valence-corrected chi connectivity index (χ4v) is 2.39. The summed E-state index contributed by atoms with van der Waals surface area (Å²) in [5, 5.41) is 3.29. The molecule has 88 valence electrons. The van der Waals surface area contributed by atoms with Gasteiger partial charge in [0, 0.05) is 25.0 Å². The van der Waals surface area contributed by atoms with Crippen molar-refractivity contribution in [3.8, 4) is 0 Å². The van der Waals surface area contributed by atoms with E-state index < -0.39 is 0 Å². The second-order valence-electron chi connectivity index (χ2n) is 4.45. The number of carbonyl (C=O) groups is 1. The first-order valence-electron chi connectivity index (χ1n) is 6.21. The molecular weight excluding hydrogens is 188 g/mol. The molecule has 3 nitrogen and oxygen atoms in total. The van der Waals surface area contributed by atoms with Crippen molar-refractivity contribution in [1.29, 1.82) is 0 Å². The van der Waals surface area contributed by atoms with Crippen LogP contribution in [0.4, 0.5) is 0 Å². The van der Waals surface area contributed by atoms with Gasteiger partial charge in [-0.15, -0.1) is 0 Å². The Bertz CT molecular complexity index is 206. The van der Waals surface area contributed by atoms with E-state index in [1.165, 1.54) is 12.8 Å². The molecule has 0 aromatic rings. The van der Waals surface area contributed by atoms with Crippen molar-refractivity contribution in [2.24, 2.45) is 0 Å². The second-order valence-corrected chi connectivity index (χ2v) is 4.45. The van der Waals surface area contributed by atoms with E-state index in [2.05, 4.69) is 31.0 Å². The number of nitrogens with one attached hydrogen (secondary N) is 1. The van der Waals surface area contributed by atoms with Crippen LogP contribution in [0.15, 0.2) is 0 Å². The van der Waals surface area contributed by atoms with Gasteiger partial charge in [-0.05, 0) is 32.7 Å². The van der Waals surface area contributed by atoms with E-state index in [1.54, 1.807) is 0 Å². The van der Waals surface area contributed by atoms with E-state index in [0.717, 1.165) is 19.5 Å². The van der Waals surface area contributed by atoms with Gasteiger partial charge in [0.1, 0.15) is 0 Å². The van der Waals surface area contributed by atoms with E-state index in [9.17, 15) is 4.79 Å². The first-order chi connectivity index (χ1) is 7.19. The number of likely N-dealkylation sites (tertiary alicyclic amines) is 1. The maximum Gasteiger partial charge on any atom is 0.224 e. The minimum atomic E-state index is 0.306. The molecular formula is C12H24N2O. The Labute approximate surface area is 93.2 Å². The molecule has 0 aromatic carbocycles. The molecule has 1 heterocycles. The second kappa shape index (κ2) is 6.11. The van der Waals surface area contributed by atoms with Gasteiger partial charge in [0.05, 0.1) is 0 Å². The number of hydrogen-bond acceptors (Lipinski definition) is 2. The van der Waals surface area contributed by atoms with Gasteiger partial charge in [0.25, 0.3) is 0 Å². The average molecular weight is 212 g/mol. The first kappa shape index (κ1) is 12.5. The van der Waals surface area contributed by atoms with E-state index in [0.29, 0.717) is 24.4 Å². The van der Waals surface area contributed by atoms with Crippen LogP contribution in [0, 0.1) is 0 Å². The van der Waals surface area contributed by atoms with Crippen molar-refractivity contribution >= 4 is 5.91 Å². The SMILES string of the molecule is CCNC(C)CC(=O)N1CCCC1CC. The van der Waals surface area contributed by atoms with E-state index in [1.807, 2.05) is 0 Å². The van der Waals surface area contributed by atoms with Gasteiger partial charge in [-0.1, -0.05) is 13.8 Å². The van der Waals surface area contributed by atoms with Crippen LogP contribution in [-0.2, 0) is 4.79 Å². The van der Waals surface area contributed by atoms with E-state index in [-0.39, 0.29) is 0 Å². The Morgan fingerprint density at radius 1 is 1.53 bits per heavy atom. The summed E-state index contributed by atoms with van der Waals surface area (Å²) < 4.78 is 0. The van der Waals surface area contributed by atoms with Crippen LogP contribution in [-0.4, -0.2) is 36.0 Å². The van der Waals surface area contributed by atoms with Crippen molar-refractivity contribution in [2.45, 2.75) is 58.5 Å². The van der Waals surface area contributed by atoms with Crippen LogP contribution < -0.4 is 5.32 Å². The molecule has 0 radical (unpaired) electrons. The molecule has 0 aromatic heterocycles. The summed E-state index contributed by atoms with van der Waals surface area (Å²) in [5.74, 6) is 0.327. The number of carbonyl (C=O) groups excluding carboxylic acids is 1. The summed E-state index contributed by atoms with van der Waals surface area (Å²) in [6.45, 7) is 8.23. The maximum atomic E-state index is 12.0. The lowest BCUT2D eigenvalue weighted by Gasteiger charge is -2.25. The van der Waals surface area contributed by atoms with Gasteiger partial charge in [0.2, 0.25) is 5.91 Å². The maximum absolute atomic E-state index is 12.0. The monoisotopic (exact) mass is 212 g/mol. The van der Waals surface area contributed by atoms with Gasteiger partial charge < -0.3 is 10.2 Å². The van der Waals surface area contributed by atoms with Gasteiger partial charge in [0.15, 0.2) is 0 Å². The Morgan fingerprint density at radius 3 is 2.87 bits per heavy atom. The third-order valence-electron chi connectivity index (χ3n) is 3.20. The molecule has 0 aliphatic carbocycles. The number of hydrogen-bond donors (Lipinski definition) is 1. The predicted octanol–water partition coefficient (Wildman–Crippen LogP) is 1.78. The molecule has 1 aliphatic heterocycles. The fraction of sp³-hybridized carbons (Fsp3) is 0.917. The summed E-state index contributed by atoms with van der Waals surface area (Å²) in [6, 6.07) is 0.812. The molecule has 3 heteroatoms. The molecule has 15 heavy (non-hydrogen) atoms. The Hall–Kier alpha value is -0.570. The fourth-order valence-electron chi connectivity index (χ4n) is 2.39. The predicted molar refractivity (Wildman–Crippen MR) is 62.8 cm³/mol. The van der Waals surface area contributed by atoms with E-state index in [4.69, 9.17) is 0 Å². The summed E-state index contributed by atoms with van der Waals surface area (Å²) in [4.78, 5) is 14.1. The minimum Gasteiger partial charge on any atom is -0.340 e. The molecule has 1 fully saturated rings. The lowest BCUT2D eigenvalue weighted by Crippen LogP contribution is -2.39.